The van der Waals surface area contributed by atoms with Gasteiger partial charge in [0, 0.05) is 0 Å². The summed E-state index contributed by atoms with van der Waals surface area (Å²) in [6, 6.07) is 14.8. The molecule has 28 heavy (non-hydrogen) atoms. The minimum atomic E-state index is -0.818. The molecule has 7 heteroatoms. The van der Waals surface area contributed by atoms with E-state index in [4.69, 9.17) is 10.5 Å². The Morgan fingerprint density at radius 3 is 2.79 bits per heavy atom. The molecule has 0 saturated heterocycles. The minimum Gasteiger partial charge on any atom is -0.375 e. The van der Waals surface area contributed by atoms with E-state index in [2.05, 4.69) is 16.4 Å². The van der Waals surface area contributed by atoms with E-state index in [1.165, 1.54) is 11.3 Å². The van der Waals surface area contributed by atoms with Crippen molar-refractivity contribution in [1.82, 2.24) is 10.3 Å². The summed E-state index contributed by atoms with van der Waals surface area (Å²) in [5.74, 6) is -0.511. The van der Waals surface area contributed by atoms with E-state index >= 15 is 0 Å². The van der Waals surface area contributed by atoms with Crippen LogP contribution in [0.4, 0.5) is 0 Å². The smallest absolute Gasteiger partial charge is 0.239 e. The van der Waals surface area contributed by atoms with Gasteiger partial charge in [-0.1, -0.05) is 36.4 Å². The SMILES string of the molecule is Cc1ccc2nc(CC(=O)CNC(=O)[C@H](N)COCc3ccccc3)sc2c1. The molecular weight excluding hydrogens is 374 g/mol. The number of Topliss-reactive ketones (excluding diaryl/α,β-unsaturated/α-hetero) is 1. The lowest BCUT2D eigenvalue weighted by atomic mass is 10.2. The molecule has 0 spiro atoms. The van der Waals surface area contributed by atoms with Crippen LogP contribution in [0, 0.1) is 6.92 Å². The number of hydrogen-bond donors (Lipinski definition) is 2. The summed E-state index contributed by atoms with van der Waals surface area (Å²) < 4.78 is 6.53. The highest BCUT2D eigenvalue weighted by atomic mass is 32.1. The van der Waals surface area contributed by atoms with Crippen LogP contribution in [0.2, 0.25) is 0 Å². The predicted molar refractivity (Wildman–Crippen MR) is 110 cm³/mol. The third-order valence-electron chi connectivity index (χ3n) is 4.14. The average molecular weight is 398 g/mol. The summed E-state index contributed by atoms with van der Waals surface area (Å²) in [5, 5.41) is 3.32. The number of amides is 1. The third kappa shape index (κ3) is 5.69. The first-order valence-corrected chi connectivity index (χ1v) is 9.85. The van der Waals surface area contributed by atoms with E-state index in [0.29, 0.717) is 6.61 Å². The number of thiazole rings is 1. The Morgan fingerprint density at radius 1 is 1.21 bits per heavy atom. The van der Waals surface area contributed by atoms with Crippen molar-refractivity contribution in [3.05, 3.63) is 64.7 Å². The number of aryl methyl sites for hydroxylation is 1. The third-order valence-corrected chi connectivity index (χ3v) is 5.16. The number of ether oxygens (including phenoxy) is 1. The molecule has 3 aromatic rings. The predicted octanol–water partition coefficient (Wildman–Crippen LogP) is 2.38. The Morgan fingerprint density at radius 2 is 2.00 bits per heavy atom. The number of carbonyl (C=O) groups excluding carboxylic acids is 2. The van der Waals surface area contributed by atoms with Crippen LogP contribution in [0.3, 0.4) is 0 Å². The highest BCUT2D eigenvalue weighted by Crippen LogP contribution is 2.23. The first-order valence-electron chi connectivity index (χ1n) is 9.04. The van der Waals surface area contributed by atoms with Gasteiger partial charge in [-0.25, -0.2) is 4.98 Å². The largest absolute Gasteiger partial charge is 0.375 e. The lowest BCUT2D eigenvalue weighted by Gasteiger charge is -2.12. The number of nitrogens with zero attached hydrogens (tertiary/aromatic N) is 1. The molecule has 1 heterocycles. The van der Waals surface area contributed by atoms with Crippen LogP contribution in [-0.2, 0) is 27.4 Å². The highest BCUT2D eigenvalue weighted by molar-refractivity contribution is 7.18. The van der Waals surface area contributed by atoms with Gasteiger partial charge in [-0.3, -0.25) is 9.59 Å². The van der Waals surface area contributed by atoms with Gasteiger partial charge < -0.3 is 15.8 Å². The summed E-state index contributed by atoms with van der Waals surface area (Å²) in [5.41, 5.74) is 8.88. The Bertz CT molecular complexity index is 956. The fourth-order valence-electron chi connectivity index (χ4n) is 2.66. The van der Waals surface area contributed by atoms with Gasteiger partial charge in [-0.05, 0) is 30.2 Å². The summed E-state index contributed by atoms with van der Waals surface area (Å²) >= 11 is 1.50. The van der Waals surface area contributed by atoms with Gasteiger partial charge >= 0.3 is 0 Å². The minimum absolute atomic E-state index is 0.0693. The summed E-state index contributed by atoms with van der Waals surface area (Å²) in [4.78, 5) is 28.7. The fraction of sp³-hybridized carbons (Fsp3) is 0.286. The van der Waals surface area contributed by atoms with Crippen molar-refractivity contribution < 1.29 is 14.3 Å². The number of nitrogens with one attached hydrogen (secondary N) is 1. The number of benzene rings is 2. The average Bonchev–Trinajstić information content (AvgIpc) is 3.08. The molecule has 0 bridgehead atoms. The molecule has 0 fully saturated rings. The maximum Gasteiger partial charge on any atom is 0.239 e. The van der Waals surface area contributed by atoms with Crippen molar-refractivity contribution >= 4 is 33.2 Å². The molecule has 146 valence electrons. The number of rotatable bonds is 9. The molecule has 0 aliphatic carbocycles. The normalized spacial score (nSPS) is 12.1. The van der Waals surface area contributed by atoms with Crippen LogP contribution >= 0.6 is 11.3 Å². The molecular formula is C21H23N3O3S. The molecule has 1 aromatic heterocycles. The van der Waals surface area contributed by atoms with Crippen LogP contribution in [0.15, 0.2) is 48.5 Å². The molecule has 0 aliphatic heterocycles. The highest BCUT2D eigenvalue weighted by Gasteiger charge is 2.16. The first-order chi connectivity index (χ1) is 13.5. The lowest BCUT2D eigenvalue weighted by Crippen LogP contribution is -2.45. The zero-order chi connectivity index (χ0) is 19.9. The number of fused-ring (bicyclic) bond motifs is 1. The molecule has 3 N–H and O–H groups in total. The van der Waals surface area contributed by atoms with Crippen molar-refractivity contribution in [1.29, 1.82) is 0 Å². The molecule has 2 aromatic carbocycles. The molecule has 0 saturated carbocycles. The number of carbonyl (C=O) groups is 2. The molecule has 0 radical (unpaired) electrons. The first kappa shape index (κ1) is 20.1. The monoisotopic (exact) mass is 397 g/mol. The van der Waals surface area contributed by atoms with Crippen LogP contribution in [0.25, 0.3) is 10.2 Å². The van der Waals surface area contributed by atoms with E-state index in [1.807, 2.05) is 49.4 Å². The lowest BCUT2D eigenvalue weighted by molar-refractivity contribution is -0.126. The molecule has 0 aliphatic rings. The summed E-state index contributed by atoms with van der Waals surface area (Å²) in [6.45, 7) is 2.43. The Labute approximate surface area is 167 Å². The fourth-order valence-corrected chi connectivity index (χ4v) is 3.75. The van der Waals surface area contributed by atoms with Crippen molar-refractivity contribution in [2.24, 2.45) is 5.73 Å². The van der Waals surface area contributed by atoms with Gasteiger partial charge in [-0.15, -0.1) is 11.3 Å². The van der Waals surface area contributed by atoms with Crippen molar-refractivity contribution in [3.63, 3.8) is 0 Å². The second kappa shape index (κ2) is 9.54. The number of ketones is 1. The van der Waals surface area contributed by atoms with Gasteiger partial charge in [0.25, 0.3) is 0 Å². The molecule has 1 atom stereocenters. The second-order valence-electron chi connectivity index (χ2n) is 6.62. The van der Waals surface area contributed by atoms with Crippen molar-refractivity contribution in [2.75, 3.05) is 13.2 Å². The molecule has 0 unspecified atom stereocenters. The van der Waals surface area contributed by atoms with Crippen LogP contribution in [-0.4, -0.2) is 35.9 Å². The van der Waals surface area contributed by atoms with Crippen LogP contribution in [0.1, 0.15) is 16.1 Å². The van der Waals surface area contributed by atoms with E-state index in [-0.39, 0.29) is 25.4 Å². The standard InChI is InChI=1S/C21H23N3O3S/c1-14-7-8-18-19(9-14)28-20(24-18)10-16(25)11-23-21(26)17(22)13-27-12-15-5-3-2-4-6-15/h2-9,17H,10-13,22H2,1H3,(H,23,26)/t17-/m1/s1. The van der Waals surface area contributed by atoms with Gasteiger partial charge in [0.2, 0.25) is 5.91 Å². The molecule has 3 rings (SSSR count). The number of nitrogens with two attached hydrogens (primary N) is 1. The number of hydrogen-bond acceptors (Lipinski definition) is 6. The topological polar surface area (TPSA) is 94.3 Å². The number of aromatic nitrogens is 1. The zero-order valence-corrected chi connectivity index (χ0v) is 16.5. The second-order valence-corrected chi connectivity index (χ2v) is 7.73. The van der Waals surface area contributed by atoms with E-state index in [1.54, 1.807) is 0 Å². The quantitative estimate of drug-likeness (QED) is 0.578. The van der Waals surface area contributed by atoms with Crippen molar-refractivity contribution in [3.8, 4) is 0 Å². The van der Waals surface area contributed by atoms with Crippen LogP contribution in [0.5, 0.6) is 0 Å². The Kier molecular flexibility index (Phi) is 6.86. The Hall–Kier alpha value is -2.61. The van der Waals surface area contributed by atoms with Gasteiger partial charge in [0.15, 0.2) is 5.78 Å². The van der Waals surface area contributed by atoms with E-state index in [9.17, 15) is 9.59 Å². The maximum atomic E-state index is 12.2. The summed E-state index contributed by atoms with van der Waals surface area (Å²) in [7, 11) is 0. The summed E-state index contributed by atoms with van der Waals surface area (Å²) in [6.07, 6.45) is 0.193. The van der Waals surface area contributed by atoms with E-state index in [0.717, 1.165) is 26.4 Å². The van der Waals surface area contributed by atoms with Gasteiger partial charge in [0.1, 0.15) is 11.0 Å². The van der Waals surface area contributed by atoms with E-state index < -0.39 is 11.9 Å². The van der Waals surface area contributed by atoms with Gasteiger partial charge in [0.05, 0.1) is 36.4 Å². The molecule has 6 nitrogen and oxygen atoms in total. The Balaban J connectivity index is 1.40. The maximum absolute atomic E-state index is 12.2. The van der Waals surface area contributed by atoms with Crippen LogP contribution < -0.4 is 11.1 Å². The van der Waals surface area contributed by atoms with Gasteiger partial charge in [-0.2, -0.15) is 0 Å². The van der Waals surface area contributed by atoms with Crippen molar-refractivity contribution in [2.45, 2.75) is 26.0 Å². The zero-order valence-electron chi connectivity index (χ0n) is 15.7. The molecule has 1 amide bonds.